The summed E-state index contributed by atoms with van der Waals surface area (Å²) in [7, 11) is 1.61. The minimum atomic E-state index is 0.562. The molecule has 1 N–H and O–H groups in total. The molecule has 0 unspecified atom stereocenters. The molecule has 21 heavy (non-hydrogen) atoms. The van der Waals surface area contributed by atoms with Crippen molar-refractivity contribution in [1.29, 1.82) is 5.26 Å². The van der Waals surface area contributed by atoms with Crippen LogP contribution in [-0.4, -0.2) is 18.4 Å². The fraction of sp³-hybridized carbons (Fsp3) is 0.0588. The van der Waals surface area contributed by atoms with Crippen molar-refractivity contribution in [1.82, 2.24) is 4.98 Å². The molecule has 102 valence electrons. The van der Waals surface area contributed by atoms with E-state index in [1.54, 1.807) is 19.4 Å². The normalized spacial score (nSPS) is 10.3. The molecule has 2 aromatic carbocycles. The van der Waals surface area contributed by atoms with Crippen LogP contribution in [-0.2, 0) is 0 Å². The number of ether oxygens (including phenoxy) is 1. The average molecular weight is 276 g/mol. The Hall–Kier alpha value is -3.06. The van der Waals surface area contributed by atoms with Gasteiger partial charge in [0, 0.05) is 28.2 Å². The molecule has 0 aliphatic rings. The van der Waals surface area contributed by atoms with Crippen LogP contribution in [0.1, 0.15) is 15.9 Å². The van der Waals surface area contributed by atoms with Crippen molar-refractivity contribution in [2.24, 2.45) is 0 Å². The summed E-state index contributed by atoms with van der Waals surface area (Å²) >= 11 is 0. The molecule has 0 saturated heterocycles. The number of methoxy groups -OCH3 is 1. The molecule has 0 fully saturated rings. The van der Waals surface area contributed by atoms with Crippen LogP contribution in [0.4, 0.5) is 0 Å². The number of carbonyl (C=O) groups excluding carboxylic acids is 1. The lowest BCUT2D eigenvalue weighted by atomic mass is 9.97. The van der Waals surface area contributed by atoms with Crippen LogP contribution in [0.3, 0.4) is 0 Å². The molecule has 0 radical (unpaired) electrons. The number of benzene rings is 2. The van der Waals surface area contributed by atoms with E-state index in [4.69, 9.17) is 4.74 Å². The fourth-order valence-electron chi connectivity index (χ4n) is 2.39. The summed E-state index contributed by atoms with van der Waals surface area (Å²) in [5.74, 6) is 0.758. The number of carbonyl (C=O) groups is 1. The zero-order valence-corrected chi connectivity index (χ0v) is 11.4. The van der Waals surface area contributed by atoms with Gasteiger partial charge in [-0.05, 0) is 29.8 Å². The molecule has 0 aliphatic heterocycles. The number of aromatic nitrogens is 1. The van der Waals surface area contributed by atoms with Gasteiger partial charge in [0.25, 0.3) is 0 Å². The zero-order valence-electron chi connectivity index (χ0n) is 11.4. The van der Waals surface area contributed by atoms with E-state index >= 15 is 0 Å². The molecule has 4 heteroatoms. The van der Waals surface area contributed by atoms with E-state index in [9.17, 15) is 10.1 Å². The second-order valence-electron chi connectivity index (χ2n) is 4.65. The first-order valence-electron chi connectivity index (χ1n) is 6.41. The van der Waals surface area contributed by atoms with Crippen molar-refractivity contribution >= 4 is 17.2 Å². The van der Waals surface area contributed by atoms with Gasteiger partial charge in [-0.15, -0.1) is 0 Å². The van der Waals surface area contributed by atoms with Crippen LogP contribution < -0.4 is 4.74 Å². The number of nitrogens with zero attached hydrogens (tertiary/aromatic N) is 1. The second-order valence-corrected chi connectivity index (χ2v) is 4.65. The predicted molar refractivity (Wildman–Crippen MR) is 80.4 cm³/mol. The van der Waals surface area contributed by atoms with Crippen LogP contribution in [0.25, 0.3) is 22.0 Å². The molecule has 0 aliphatic carbocycles. The third-order valence-electron chi connectivity index (χ3n) is 3.50. The molecule has 3 rings (SSSR count). The highest BCUT2D eigenvalue weighted by atomic mass is 16.5. The van der Waals surface area contributed by atoms with Crippen molar-refractivity contribution in [3.63, 3.8) is 0 Å². The van der Waals surface area contributed by atoms with Crippen molar-refractivity contribution in [3.05, 3.63) is 53.7 Å². The minimum Gasteiger partial charge on any atom is -0.497 e. The molecule has 0 bridgehead atoms. The molecule has 0 atom stereocenters. The summed E-state index contributed by atoms with van der Waals surface area (Å²) in [6, 6.07) is 13.3. The highest BCUT2D eigenvalue weighted by Crippen LogP contribution is 2.30. The Bertz CT molecular complexity index is 855. The van der Waals surface area contributed by atoms with Crippen molar-refractivity contribution < 1.29 is 9.53 Å². The Morgan fingerprint density at radius 1 is 1.24 bits per heavy atom. The van der Waals surface area contributed by atoms with E-state index in [-0.39, 0.29) is 0 Å². The van der Waals surface area contributed by atoms with Crippen molar-refractivity contribution in [2.75, 3.05) is 7.11 Å². The van der Waals surface area contributed by atoms with Gasteiger partial charge in [-0.3, -0.25) is 4.79 Å². The maximum absolute atomic E-state index is 11.1. The largest absolute Gasteiger partial charge is 0.497 e. The number of fused-ring (bicyclic) bond motifs is 1. The number of hydrogen-bond acceptors (Lipinski definition) is 3. The summed E-state index contributed by atoms with van der Waals surface area (Å²) < 4.78 is 5.14. The zero-order chi connectivity index (χ0) is 14.8. The van der Waals surface area contributed by atoms with Crippen LogP contribution in [0.15, 0.2) is 42.6 Å². The molecular weight excluding hydrogens is 264 g/mol. The van der Waals surface area contributed by atoms with Crippen LogP contribution in [0.5, 0.6) is 5.75 Å². The Morgan fingerprint density at radius 3 is 2.62 bits per heavy atom. The van der Waals surface area contributed by atoms with Crippen LogP contribution in [0, 0.1) is 11.3 Å². The number of nitriles is 1. The lowest BCUT2D eigenvalue weighted by molar-refractivity contribution is 0.112. The molecule has 0 spiro atoms. The molecule has 3 aromatic rings. The molecule has 1 heterocycles. The van der Waals surface area contributed by atoms with E-state index in [1.807, 2.05) is 30.3 Å². The lowest BCUT2D eigenvalue weighted by Gasteiger charge is -2.07. The van der Waals surface area contributed by atoms with Gasteiger partial charge in [-0.2, -0.15) is 5.26 Å². The van der Waals surface area contributed by atoms with Gasteiger partial charge in [0.15, 0.2) is 6.29 Å². The van der Waals surface area contributed by atoms with Crippen molar-refractivity contribution in [3.8, 4) is 22.9 Å². The highest BCUT2D eigenvalue weighted by Gasteiger charge is 2.11. The number of rotatable bonds is 3. The summed E-state index contributed by atoms with van der Waals surface area (Å²) in [5, 5.41) is 10.2. The van der Waals surface area contributed by atoms with E-state index in [2.05, 4.69) is 11.1 Å². The summed E-state index contributed by atoms with van der Waals surface area (Å²) in [5.41, 5.74) is 3.64. The standard InChI is InChI=1S/C17H12N2O2/c1-21-14-4-2-11(3-5-14)15-7-16-13(10-20)9-19-17(16)6-12(15)8-18/h2-7,9-10,19H,1H3. The van der Waals surface area contributed by atoms with Gasteiger partial charge in [0.1, 0.15) is 5.75 Å². The monoisotopic (exact) mass is 276 g/mol. The molecular formula is C17H12N2O2. The average Bonchev–Trinajstić information content (AvgIpc) is 2.95. The van der Waals surface area contributed by atoms with Crippen LogP contribution in [0.2, 0.25) is 0 Å². The maximum Gasteiger partial charge on any atom is 0.152 e. The molecule has 0 amide bonds. The van der Waals surface area contributed by atoms with Crippen LogP contribution >= 0.6 is 0 Å². The first-order chi connectivity index (χ1) is 10.3. The van der Waals surface area contributed by atoms with Gasteiger partial charge < -0.3 is 9.72 Å². The first kappa shape index (κ1) is 12.9. The molecule has 1 aromatic heterocycles. The highest BCUT2D eigenvalue weighted by molar-refractivity contribution is 6.00. The fourth-order valence-corrected chi connectivity index (χ4v) is 2.39. The van der Waals surface area contributed by atoms with E-state index < -0.39 is 0 Å². The van der Waals surface area contributed by atoms with E-state index in [1.165, 1.54) is 0 Å². The Labute approximate surface area is 121 Å². The Kier molecular flexibility index (Phi) is 3.17. The topological polar surface area (TPSA) is 65.9 Å². The predicted octanol–water partition coefficient (Wildman–Crippen LogP) is 3.53. The second kappa shape index (κ2) is 5.14. The van der Waals surface area contributed by atoms with Gasteiger partial charge >= 0.3 is 0 Å². The van der Waals surface area contributed by atoms with Crippen molar-refractivity contribution in [2.45, 2.75) is 0 Å². The quantitative estimate of drug-likeness (QED) is 0.744. The van der Waals surface area contributed by atoms with Gasteiger partial charge in [0.2, 0.25) is 0 Å². The summed E-state index contributed by atoms with van der Waals surface area (Å²) in [6.07, 6.45) is 2.46. The number of H-pyrrole nitrogens is 1. The van der Waals surface area contributed by atoms with Gasteiger partial charge in [-0.25, -0.2) is 0 Å². The number of nitrogens with one attached hydrogen (secondary N) is 1. The Morgan fingerprint density at radius 2 is 2.00 bits per heavy atom. The Balaban J connectivity index is 2.23. The lowest BCUT2D eigenvalue weighted by Crippen LogP contribution is -1.87. The third-order valence-corrected chi connectivity index (χ3v) is 3.50. The van der Waals surface area contributed by atoms with E-state index in [0.29, 0.717) is 11.1 Å². The summed E-state index contributed by atoms with van der Waals surface area (Å²) in [4.78, 5) is 14.1. The molecule has 0 saturated carbocycles. The number of aldehydes is 1. The number of aromatic amines is 1. The third kappa shape index (κ3) is 2.15. The number of hydrogen-bond donors (Lipinski definition) is 1. The SMILES string of the molecule is COc1ccc(-c2cc3c(C=O)c[nH]c3cc2C#N)cc1. The van der Waals surface area contributed by atoms with E-state index in [0.717, 1.165) is 34.1 Å². The first-order valence-corrected chi connectivity index (χ1v) is 6.41. The van der Waals surface area contributed by atoms with Gasteiger partial charge in [-0.1, -0.05) is 12.1 Å². The summed E-state index contributed by atoms with van der Waals surface area (Å²) in [6.45, 7) is 0. The minimum absolute atomic E-state index is 0.562. The molecule has 4 nitrogen and oxygen atoms in total. The maximum atomic E-state index is 11.1. The smallest absolute Gasteiger partial charge is 0.152 e. The van der Waals surface area contributed by atoms with Gasteiger partial charge in [0.05, 0.1) is 18.7 Å².